The van der Waals surface area contributed by atoms with Gasteiger partial charge < -0.3 is 10.6 Å². The molecule has 1 amide bonds. The van der Waals surface area contributed by atoms with E-state index in [0.717, 1.165) is 13.0 Å². The van der Waals surface area contributed by atoms with Crippen LogP contribution < -0.4 is 10.6 Å². The van der Waals surface area contributed by atoms with Gasteiger partial charge in [-0.05, 0) is 32.4 Å². The third kappa shape index (κ3) is 5.19. The minimum absolute atomic E-state index is 0.0654. The van der Waals surface area contributed by atoms with Crippen molar-refractivity contribution < 1.29 is 4.79 Å². The zero-order valence-electron chi connectivity index (χ0n) is 12.0. The third-order valence-electron chi connectivity index (χ3n) is 3.69. The first-order valence-corrected chi connectivity index (χ1v) is 8.54. The summed E-state index contributed by atoms with van der Waals surface area (Å²) in [5, 5.41) is 7.18. The predicted octanol–water partition coefficient (Wildman–Crippen LogP) is 2.56. The monoisotopic (exact) mass is 272 g/mol. The van der Waals surface area contributed by atoms with Crippen molar-refractivity contribution in [3.05, 3.63) is 0 Å². The van der Waals surface area contributed by atoms with Crippen molar-refractivity contribution in [1.82, 2.24) is 10.6 Å². The second-order valence-corrected chi connectivity index (χ2v) is 6.27. The number of rotatable bonds is 8. The summed E-state index contributed by atoms with van der Waals surface area (Å²) in [5.41, 5.74) is 0. The molecule has 3 atom stereocenters. The number of thioether (sulfide) groups is 1. The zero-order chi connectivity index (χ0) is 13.4. The molecular weight excluding hydrogens is 244 g/mol. The molecule has 0 saturated heterocycles. The van der Waals surface area contributed by atoms with Gasteiger partial charge in [-0.1, -0.05) is 26.2 Å². The first-order valence-electron chi connectivity index (χ1n) is 7.25. The van der Waals surface area contributed by atoms with E-state index in [2.05, 4.69) is 23.8 Å². The molecule has 1 saturated carbocycles. The number of nitrogens with one attached hydrogen (secondary N) is 2. The van der Waals surface area contributed by atoms with E-state index < -0.39 is 0 Å². The van der Waals surface area contributed by atoms with Gasteiger partial charge in [-0.25, -0.2) is 0 Å². The Hall–Kier alpha value is -0.220. The molecule has 0 aromatic heterocycles. The average Bonchev–Trinajstić information content (AvgIpc) is 2.81. The fraction of sp³-hybridized carbons (Fsp3) is 0.929. The van der Waals surface area contributed by atoms with Crippen molar-refractivity contribution in [2.24, 2.45) is 0 Å². The number of carbonyl (C=O) groups excluding carboxylic acids is 1. The summed E-state index contributed by atoms with van der Waals surface area (Å²) >= 11 is 1.92. The summed E-state index contributed by atoms with van der Waals surface area (Å²) in [4.78, 5) is 11.9. The van der Waals surface area contributed by atoms with Crippen molar-refractivity contribution in [3.8, 4) is 0 Å². The van der Waals surface area contributed by atoms with Crippen LogP contribution in [0.2, 0.25) is 0 Å². The van der Waals surface area contributed by atoms with Gasteiger partial charge in [-0.15, -0.1) is 0 Å². The Kier molecular flexibility index (Phi) is 7.75. The lowest BCUT2D eigenvalue weighted by molar-refractivity contribution is -0.122. The first-order chi connectivity index (χ1) is 8.69. The van der Waals surface area contributed by atoms with E-state index in [-0.39, 0.29) is 11.9 Å². The largest absolute Gasteiger partial charge is 0.355 e. The van der Waals surface area contributed by atoms with E-state index >= 15 is 0 Å². The Labute approximate surface area is 116 Å². The van der Waals surface area contributed by atoms with Crippen molar-refractivity contribution >= 4 is 17.7 Å². The molecule has 3 unspecified atom stereocenters. The van der Waals surface area contributed by atoms with Crippen LogP contribution in [0.5, 0.6) is 0 Å². The van der Waals surface area contributed by atoms with Gasteiger partial charge >= 0.3 is 0 Å². The smallest absolute Gasteiger partial charge is 0.236 e. The second kappa shape index (κ2) is 8.81. The van der Waals surface area contributed by atoms with Gasteiger partial charge in [0.05, 0.1) is 6.04 Å². The van der Waals surface area contributed by atoms with Crippen LogP contribution in [0.3, 0.4) is 0 Å². The molecule has 0 bridgehead atoms. The standard InChI is InChI=1S/C14H28N2OS/c1-4-5-6-10-15-14(17)11(2)16-12-8-7-9-13(12)18-3/h11-13,16H,4-10H2,1-3H3,(H,15,17). The van der Waals surface area contributed by atoms with E-state index in [0.29, 0.717) is 11.3 Å². The van der Waals surface area contributed by atoms with Crippen LogP contribution >= 0.6 is 11.8 Å². The van der Waals surface area contributed by atoms with Gasteiger partial charge in [0, 0.05) is 17.8 Å². The predicted molar refractivity (Wildman–Crippen MR) is 80.1 cm³/mol. The Morgan fingerprint density at radius 3 is 2.83 bits per heavy atom. The van der Waals surface area contributed by atoms with Crippen LogP contribution in [0, 0.1) is 0 Å². The maximum absolute atomic E-state index is 11.9. The lowest BCUT2D eigenvalue weighted by Crippen LogP contribution is -2.48. The lowest BCUT2D eigenvalue weighted by atomic mass is 10.2. The molecule has 1 rings (SSSR count). The first kappa shape index (κ1) is 15.8. The number of amides is 1. The summed E-state index contributed by atoms with van der Waals surface area (Å²) in [5.74, 6) is 0.151. The summed E-state index contributed by atoms with van der Waals surface area (Å²) in [6.07, 6.45) is 9.42. The Bertz CT molecular complexity index is 248. The van der Waals surface area contributed by atoms with Crippen LogP contribution in [0.15, 0.2) is 0 Å². The molecule has 18 heavy (non-hydrogen) atoms. The summed E-state index contributed by atoms with van der Waals surface area (Å²) in [6, 6.07) is 0.445. The molecular formula is C14H28N2OS. The number of hydrogen-bond acceptors (Lipinski definition) is 3. The van der Waals surface area contributed by atoms with E-state index in [1.807, 2.05) is 18.7 Å². The van der Waals surface area contributed by atoms with Gasteiger partial charge in [-0.2, -0.15) is 11.8 Å². The Balaban J connectivity index is 2.22. The summed E-state index contributed by atoms with van der Waals surface area (Å²) < 4.78 is 0. The van der Waals surface area contributed by atoms with Crippen LogP contribution in [-0.4, -0.2) is 36.0 Å². The molecule has 0 spiro atoms. The minimum atomic E-state index is -0.0654. The maximum atomic E-state index is 11.9. The molecule has 3 nitrogen and oxygen atoms in total. The van der Waals surface area contributed by atoms with Gasteiger partial charge in [-0.3, -0.25) is 4.79 Å². The van der Waals surface area contributed by atoms with Gasteiger partial charge in [0.15, 0.2) is 0 Å². The highest BCUT2D eigenvalue weighted by Gasteiger charge is 2.28. The summed E-state index contributed by atoms with van der Waals surface area (Å²) in [7, 11) is 0. The topological polar surface area (TPSA) is 41.1 Å². The van der Waals surface area contributed by atoms with Gasteiger partial charge in [0.25, 0.3) is 0 Å². The van der Waals surface area contributed by atoms with Crippen molar-refractivity contribution in [3.63, 3.8) is 0 Å². The Morgan fingerprint density at radius 2 is 2.17 bits per heavy atom. The Morgan fingerprint density at radius 1 is 1.39 bits per heavy atom. The average molecular weight is 272 g/mol. The molecule has 0 aliphatic heterocycles. The number of carbonyl (C=O) groups is 1. The van der Waals surface area contributed by atoms with Crippen molar-refractivity contribution in [1.29, 1.82) is 0 Å². The zero-order valence-corrected chi connectivity index (χ0v) is 12.8. The lowest BCUT2D eigenvalue weighted by Gasteiger charge is -2.23. The van der Waals surface area contributed by atoms with Crippen LogP contribution in [0.25, 0.3) is 0 Å². The summed E-state index contributed by atoms with van der Waals surface area (Å²) in [6.45, 7) is 4.97. The number of hydrogen-bond donors (Lipinski definition) is 2. The van der Waals surface area contributed by atoms with Crippen LogP contribution in [0.1, 0.15) is 52.4 Å². The highest BCUT2D eigenvalue weighted by molar-refractivity contribution is 7.99. The van der Waals surface area contributed by atoms with Crippen LogP contribution in [0.4, 0.5) is 0 Å². The van der Waals surface area contributed by atoms with Gasteiger partial charge in [0.1, 0.15) is 0 Å². The highest BCUT2D eigenvalue weighted by atomic mass is 32.2. The minimum Gasteiger partial charge on any atom is -0.355 e. The SMILES string of the molecule is CCCCCNC(=O)C(C)NC1CCCC1SC. The molecule has 4 heteroatoms. The number of unbranched alkanes of at least 4 members (excludes halogenated alkanes) is 2. The molecule has 1 aliphatic rings. The quantitative estimate of drug-likeness (QED) is 0.667. The normalized spacial score (nSPS) is 25.1. The highest BCUT2D eigenvalue weighted by Crippen LogP contribution is 2.28. The van der Waals surface area contributed by atoms with E-state index in [1.165, 1.54) is 32.1 Å². The second-order valence-electron chi connectivity index (χ2n) is 5.20. The molecule has 1 aliphatic carbocycles. The maximum Gasteiger partial charge on any atom is 0.236 e. The van der Waals surface area contributed by atoms with Crippen LogP contribution in [-0.2, 0) is 4.79 Å². The van der Waals surface area contributed by atoms with E-state index in [4.69, 9.17) is 0 Å². The van der Waals surface area contributed by atoms with E-state index in [1.54, 1.807) is 0 Å². The molecule has 106 valence electrons. The molecule has 0 aromatic carbocycles. The molecule has 0 aromatic rings. The molecule has 2 N–H and O–H groups in total. The van der Waals surface area contributed by atoms with Crippen molar-refractivity contribution in [2.75, 3.05) is 12.8 Å². The van der Waals surface area contributed by atoms with E-state index in [9.17, 15) is 4.79 Å². The van der Waals surface area contributed by atoms with Crippen molar-refractivity contribution in [2.45, 2.75) is 69.7 Å². The fourth-order valence-electron chi connectivity index (χ4n) is 2.54. The molecule has 0 heterocycles. The van der Waals surface area contributed by atoms with Gasteiger partial charge in [0.2, 0.25) is 5.91 Å². The third-order valence-corrected chi connectivity index (χ3v) is 4.86. The molecule has 1 fully saturated rings. The molecule has 0 radical (unpaired) electrons. The fourth-order valence-corrected chi connectivity index (χ4v) is 3.48.